The quantitative estimate of drug-likeness (QED) is 0.836. The van der Waals surface area contributed by atoms with Crippen molar-refractivity contribution in [2.75, 3.05) is 27.9 Å². The van der Waals surface area contributed by atoms with E-state index in [9.17, 15) is 4.79 Å². The molecule has 1 aliphatic carbocycles. The number of carbonyl (C=O) groups is 1. The van der Waals surface area contributed by atoms with Crippen LogP contribution in [0.25, 0.3) is 0 Å². The number of carbonyl (C=O) groups excluding carboxylic acids is 1. The van der Waals surface area contributed by atoms with Crippen molar-refractivity contribution >= 4 is 5.91 Å². The van der Waals surface area contributed by atoms with Crippen molar-refractivity contribution in [3.05, 3.63) is 17.7 Å². The Balaban J connectivity index is 1.98. The van der Waals surface area contributed by atoms with Crippen LogP contribution in [0.1, 0.15) is 48.9 Å². The van der Waals surface area contributed by atoms with E-state index in [1.54, 1.807) is 33.5 Å². The molecule has 128 valence electrons. The highest BCUT2D eigenvalue weighted by atomic mass is 16.5. The summed E-state index contributed by atoms with van der Waals surface area (Å²) >= 11 is 0. The van der Waals surface area contributed by atoms with Gasteiger partial charge in [0.2, 0.25) is 5.75 Å². The smallest absolute Gasteiger partial charge is 0.251 e. The maximum atomic E-state index is 12.4. The van der Waals surface area contributed by atoms with E-state index in [4.69, 9.17) is 14.2 Å². The lowest BCUT2D eigenvalue weighted by Gasteiger charge is -2.21. The number of hydrogen-bond donors (Lipinski definition) is 1. The van der Waals surface area contributed by atoms with Gasteiger partial charge in [0.1, 0.15) is 0 Å². The zero-order valence-corrected chi connectivity index (χ0v) is 14.3. The highest BCUT2D eigenvalue weighted by Gasteiger charge is 2.18. The van der Waals surface area contributed by atoms with Crippen molar-refractivity contribution in [1.82, 2.24) is 5.32 Å². The van der Waals surface area contributed by atoms with Crippen LogP contribution < -0.4 is 19.5 Å². The highest BCUT2D eigenvalue weighted by molar-refractivity contribution is 5.95. The zero-order valence-electron chi connectivity index (χ0n) is 14.3. The van der Waals surface area contributed by atoms with Gasteiger partial charge >= 0.3 is 0 Å². The van der Waals surface area contributed by atoms with E-state index in [-0.39, 0.29) is 5.91 Å². The van der Waals surface area contributed by atoms with E-state index in [1.807, 2.05) is 0 Å². The first-order chi connectivity index (χ1) is 11.2. The standard InChI is InChI=1S/C18H27NO4/c1-21-15-11-14(12-16(22-2)17(15)23-3)18(20)19-10-9-13-7-5-4-6-8-13/h11-13H,4-10H2,1-3H3,(H,19,20). The molecule has 0 aromatic heterocycles. The fraction of sp³-hybridized carbons (Fsp3) is 0.611. The van der Waals surface area contributed by atoms with E-state index in [0.717, 1.165) is 12.3 Å². The third-order valence-corrected chi connectivity index (χ3v) is 4.49. The summed E-state index contributed by atoms with van der Waals surface area (Å²) in [4.78, 5) is 12.4. The number of benzene rings is 1. The molecule has 0 spiro atoms. The fourth-order valence-corrected chi connectivity index (χ4v) is 3.18. The van der Waals surface area contributed by atoms with Crippen LogP contribution >= 0.6 is 0 Å². The largest absolute Gasteiger partial charge is 0.493 e. The van der Waals surface area contributed by atoms with Gasteiger partial charge in [0.15, 0.2) is 11.5 Å². The molecule has 0 unspecified atom stereocenters. The summed E-state index contributed by atoms with van der Waals surface area (Å²) in [5.74, 6) is 2.12. The third-order valence-electron chi connectivity index (χ3n) is 4.49. The van der Waals surface area contributed by atoms with Gasteiger partial charge in [-0.1, -0.05) is 32.1 Å². The fourth-order valence-electron chi connectivity index (χ4n) is 3.18. The maximum absolute atomic E-state index is 12.4. The summed E-state index contributed by atoms with van der Waals surface area (Å²) in [6.07, 6.45) is 7.64. The molecule has 0 saturated heterocycles. The second-order valence-corrected chi connectivity index (χ2v) is 5.96. The van der Waals surface area contributed by atoms with Gasteiger partial charge in [0.05, 0.1) is 21.3 Å². The average Bonchev–Trinajstić information content (AvgIpc) is 2.61. The van der Waals surface area contributed by atoms with Crippen molar-refractivity contribution in [2.24, 2.45) is 5.92 Å². The van der Waals surface area contributed by atoms with E-state index >= 15 is 0 Å². The van der Waals surface area contributed by atoms with Crippen LogP contribution in [0, 0.1) is 5.92 Å². The first-order valence-electron chi connectivity index (χ1n) is 8.27. The summed E-state index contributed by atoms with van der Waals surface area (Å²) < 4.78 is 15.8. The van der Waals surface area contributed by atoms with Crippen LogP contribution in [-0.2, 0) is 0 Å². The van der Waals surface area contributed by atoms with Gasteiger partial charge in [-0.05, 0) is 24.5 Å². The highest BCUT2D eigenvalue weighted by Crippen LogP contribution is 2.38. The van der Waals surface area contributed by atoms with Gasteiger partial charge < -0.3 is 19.5 Å². The zero-order chi connectivity index (χ0) is 16.7. The Bertz CT molecular complexity index is 499. The predicted octanol–water partition coefficient (Wildman–Crippen LogP) is 3.41. The van der Waals surface area contributed by atoms with Crippen LogP contribution in [0.2, 0.25) is 0 Å². The van der Waals surface area contributed by atoms with Crippen LogP contribution in [0.4, 0.5) is 0 Å². The molecular formula is C18H27NO4. The lowest BCUT2D eigenvalue weighted by atomic mass is 9.87. The summed E-state index contributed by atoms with van der Waals surface area (Å²) in [6.45, 7) is 0.708. The van der Waals surface area contributed by atoms with Crippen molar-refractivity contribution in [3.63, 3.8) is 0 Å². The summed E-state index contributed by atoms with van der Waals surface area (Å²) in [6, 6.07) is 3.36. The van der Waals surface area contributed by atoms with Crippen LogP contribution in [0.3, 0.4) is 0 Å². The van der Waals surface area contributed by atoms with Crippen molar-refractivity contribution in [3.8, 4) is 17.2 Å². The molecule has 1 amide bonds. The number of hydrogen-bond acceptors (Lipinski definition) is 4. The molecule has 5 nitrogen and oxygen atoms in total. The molecule has 1 N–H and O–H groups in total. The molecule has 1 aromatic rings. The number of rotatable bonds is 7. The van der Waals surface area contributed by atoms with E-state index < -0.39 is 0 Å². The molecule has 5 heteroatoms. The van der Waals surface area contributed by atoms with Crippen molar-refractivity contribution in [1.29, 1.82) is 0 Å². The monoisotopic (exact) mass is 321 g/mol. The van der Waals surface area contributed by atoms with E-state index in [1.165, 1.54) is 32.1 Å². The topological polar surface area (TPSA) is 56.8 Å². The molecule has 0 radical (unpaired) electrons. The molecular weight excluding hydrogens is 294 g/mol. The second-order valence-electron chi connectivity index (χ2n) is 5.96. The molecule has 0 bridgehead atoms. The molecule has 1 fully saturated rings. The lowest BCUT2D eigenvalue weighted by molar-refractivity contribution is 0.0949. The van der Waals surface area contributed by atoms with Gasteiger partial charge in [-0.2, -0.15) is 0 Å². The lowest BCUT2D eigenvalue weighted by Crippen LogP contribution is -2.26. The summed E-state index contributed by atoms with van der Waals surface area (Å²) in [7, 11) is 4.63. The third kappa shape index (κ3) is 4.53. The average molecular weight is 321 g/mol. The predicted molar refractivity (Wildman–Crippen MR) is 89.6 cm³/mol. The molecule has 1 aliphatic rings. The minimum absolute atomic E-state index is 0.111. The van der Waals surface area contributed by atoms with Gasteiger partial charge in [-0.25, -0.2) is 0 Å². The van der Waals surface area contributed by atoms with Gasteiger partial charge in [-0.3, -0.25) is 4.79 Å². The Morgan fingerprint density at radius 3 is 2.17 bits per heavy atom. The van der Waals surface area contributed by atoms with E-state index in [0.29, 0.717) is 29.4 Å². The number of amides is 1. The number of ether oxygens (including phenoxy) is 3. The molecule has 0 aliphatic heterocycles. The Kier molecular flexibility index (Phi) is 6.56. The Hall–Kier alpha value is -1.91. The van der Waals surface area contributed by atoms with E-state index in [2.05, 4.69) is 5.32 Å². The molecule has 23 heavy (non-hydrogen) atoms. The first kappa shape index (κ1) is 17.4. The molecule has 2 rings (SSSR count). The van der Waals surface area contributed by atoms with Gasteiger partial charge in [0, 0.05) is 12.1 Å². The number of methoxy groups -OCH3 is 3. The van der Waals surface area contributed by atoms with Crippen LogP contribution in [0.15, 0.2) is 12.1 Å². The van der Waals surface area contributed by atoms with Gasteiger partial charge in [-0.15, -0.1) is 0 Å². The summed E-state index contributed by atoms with van der Waals surface area (Å²) in [5, 5.41) is 3.00. The normalized spacial score (nSPS) is 15.1. The number of nitrogens with one attached hydrogen (secondary N) is 1. The molecule has 1 saturated carbocycles. The van der Waals surface area contributed by atoms with Crippen LogP contribution in [-0.4, -0.2) is 33.8 Å². The Labute approximate surface area is 138 Å². The molecule has 1 aromatic carbocycles. The first-order valence-corrected chi connectivity index (χ1v) is 8.27. The minimum Gasteiger partial charge on any atom is -0.493 e. The molecule has 0 atom stereocenters. The maximum Gasteiger partial charge on any atom is 0.251 e. The van der Waals surface area contributed by atoms with Crippen LogP contribution in [0.5, 0.6) is 17.2 Å². The Morgan fingerprint density at radius 2 is 1.65 bits per heavy atom. The SMILES string of the molecule is COc1cc(C(=O)NCCC2CCCCC2)cc(OC)c1OC. The minimum atomic E-state index is -0.111. The molecule has 0 heterocycles. The van der Waals surface area contributed by atoms with Gasteiger partial charge in [0.25, 0.3) is 5.91 Å². The van der Waals surface area contributed by atoms with Crippen molar-refractivity contribution in [2.45, 2.75) is 38.5 Å². The second kappa shape index (κ2) is 8.65. The van der Waals surface area contributed by atoms with Crippen molar-refractivity contribution < 1.29 is 19.0 Å². The summed E-state index contributed by atoms with van der Waals surface area (Å²) in [5.41, 5.74) is 0.517. The Morgan fingerprint density at radius 1 is 1.04 bits per heavy atom.